The zero-order chi connectivity index (χ0) is 19.6. The number of nitrogens with one attached hydrogen (secondary N) is 1. The van der Waals surface area contributed by atoms with Crippen molar-refractivity contribution < 1.29 is 13.2 Å². The highest BCUT2D eigenvalue weighted by Crippen LogP contribution is 2.23. The lowest BCUT2D eigenvalue weighted by Crippen LogP contribution is -2.51. The second kappa shape index (κ2) is 8.00. The number of anilines is 1. The van der Waals surface area contributed by atoms with Crippen LogP contribution < -0.4 is 5.32 Å². The molecule has 1 heterocycles. The Kier molecular flexibility index (Phi) is 5.88. The first-order valence-corrected chi connectivity index (χ1v) is 10.9. The van der Waals surface area contributed by atoms with Gasteiger partial charge in [0.05, 0.1) is 10.6 Å². The molecule has 6 nitrogen and oxygen atoms in total. The summed E-state index contributed by atoms with van der Waals surface area (Å²) >= 11 is 3.40. The van der Waals surface area contributed by atoms with Crippen molar-refractivity contribution in [3.8, 4) is 0 Å². The molecule has 2 aromatic carbocycles. The maximum atomic E-state index is 12.9. The lowest BCUT2D eigenvalue weighted by Gasteiger charge is -2.34. The summed E-state index contributed by atoms with van der Waals surface area (Å²) in [5.74, 6) is 0. The summed E-state index contributed by atoms with van der Waals surface area (Å²) < 4.78 is 28.0. The first-order valence-electron chi connectivity index (χ1n) is 8.67. The molecule has 144 valence electrons. The van der Waals surface area contributed by atoms with Crippen LogP contribution in [0.2, 0.25) is 0 Å². The third kappa shape index (κ3) is 4.34. The summed E-state index contributed by atoms with van der Waals surface area (Å²) in [6.07, 6.45) is 0. The number of piperazine rings is 1. The molecule has 1 aliphatic rings. The number of hydrogen-bond acceptors (Lipinski definition) is 3. The van der Waals surface area contributed by atoms with E-state index >= 15 is 0 Å². The molecule has 0 radical (unpaired) electrons. The summed E-state index contributed by atoms with van der Waals surface area (Å²) in [4.78, 5) is 14.4. The van der Waals surface area contributed by atoms with E-state index in [-0.39, 0.29) is 19.1 Å². The van der Waals surface area contributed by atoms with Crippen molar-refractivity contribution in [3.05, 3.63) is 58.1 Å². The predicted octanol–water partition coefficient (Wildman–Crippen LogP) is 3.60. The molecule has 27 heavy (non-hydrogen) atoms. The van der Waals surface area contributed by atoms with Crippen LogP contribution in [0.5, 0.6) is 0 Å². The molecular formula is C19H22BrN3O3S. The predicted molar refractivity (Wildman–Crippen MR) is 109 cm³/mol. The van der Waals surface area contributed by atoms with Gasteiger partial charge in [0.2, 0.25) is 10.0 Å². The Morgan fingerprint density at radius 2 is 1.67 bits per heavy atom. The number of para-hydroxylation sites is 1. The maximum absolute atomic E-state index is 12.9. The number of rotatable bonds is 3. The molecule has 0 spiro atoms. The lowest BCUT2D eigenvalue weighted by atomic mass is 10.1. The van der Waals surface area contributed by atoms with Gasteiger partial charge < -0.3 is 10.2 Å². The average molecular weight is 452 g/mol. The van der Waals surface area contributed by atoms with E-state index in [1.807, 2.05) is 44.2 Å². The number of sulfonamides is 1. The van der Waals surface area contributed by atoms with Gasteiger partial charge in [-0.05, 0) is 65.2 Å². The summed E-state index contributed by atoms with van der Waals surface area (Å²) in [6.45, 7) is 5.10. The van der Waals surface area contributed by atoms with Gasteiger partial charge in [0.1, 0.15) is 0 Å². The van der Waals surface area contributed by atoms with Gasteiger partial charge in [0.25, 0.3) is 0 Å². The smallest absolute Gasteiger partial charge is 0.321 e. The van der Waals surface area contributed by atoms with Gasteiger partial charge in [-0.1, -0.05) is 18.2 Å². The van der Waals surface area contributed by atoms with Crippen molar-refractivity contribution >= 4 is 37.7 Å². The van der Waals surface area contributed by atoms with E-state index in [0.717, 1.165) is 15.6 Å². The number of nitrogens with zero attached hydrogens (tertiary/aromatic N) is 2. The summed E-state index contributed by atoms with van der Waals surface area (Å²) in [5.41, 5.74) is 2.69. The third-order valence-corrected chi connectivity index (χ3v) is 7.34. The van der Waals surface area contributed by atoms with Crippen molar-refractivity contribution in [2.75, 3.05) is 31.5 Å². The van der Waals surface area contributed by atoms with E-state index in [9.17, 15) is 13.2 Å². The minimum absolute atomic E-state index is 0.231. The zero-order valence-corrected chi connectivity index (χ0v) is 17.7. The Morgan fingerprint density at radius 1 is 1.00 bits per heavy atom. The number of urea groups is 1. The second-order valence-electron chi connectivity index (χ2n) is 6.55. The van der Waals surface area contributed by atoms with E-state index in [1.54, 1.807) is 17.0 Å². The minimum atomic E-state index is -3.55. The van der Waals surface area contributed by atoms with Crippen molar-refractivity contribution in [2.45, 2.75) is 18.7 Å². The molecule has 0 aliphatic carbocycles. The van der Waals surface area contributed by atoms with Gasteiger partial charge in [-0.25, -0.2) is 13.2 Å². The topological polar surface area (TPSA) is 69.7 Å². The highest BCUT2D eigenvalue weighted by Gasteiger charge is 2.30. The fraction of sp³-hybridized carbons (Fsp3) is 0.316. The number of carbonyl (C=O) groups excluding carboxylic acids is 1. The molecule has 0 atom stereocenters. The molecular weight excluding hydrogens is 430 g/mol. The van der Waals surface area contributed by atoms with Crippen LogP contribution in [0, 0.1) is 13.8 Å². The monoisotopic (exact) mass is 451 g/mol. The molecule has 2 amide bonds. The van der Waals surface area contributed by atoms with Crippen LogP contribution in [0.3, 0.4) is 0 Å². The Morgan fingerprint density at radius 3 is 2.30 bits per heavy atom. The molecule has 3 rings (SSSR count). The van der Waals surface area contributed by atoms with E-state index in [2.05, 4.69) is 21.2 Å². The molecule has 1 aliphatic heterocycles. The maximum Gasteiger partial charge on any atom is 0.321 e. The van der Waals surface area contributed by atoms with Gasteiger partial charge in [0, 0.05) is 30.7 Å². The van der Waals surface area contributed by atoms with E-state index in [1.165, 1.54) is 4.31 Å². The Labute approximate surface area is 168 Å². The highest BCUT2D eigenvalue weighted by molar-refractivity contribution is 9.10. The molecule has 8 heteroatoms. The van der Waals surface area contributed by atoms with Gasteiger partial charge >= 0.3 is 6.03 Å². The van der Waals surface area contributed by atoms with Crippen LogP contribution in [0.25, 0.3) is 0 Å². The van der Waals surface area contributed by atoms with Gasteiger partial charge in [-0.15, -0.1) is 0 Å². The van der Waals surface area contributed by atoms with Crippen LogP contribution in [0.4, 0.5) is 10.5 Å². The van der Waals surface area contributed by atoms with Crippen LogP contribution in [-0.2, 0) is 10.0 Å². The summed E-state index contributed by atoms with van der Waals surface area (Å²) in [6, 6.07) is 12.3. The molecule has 0 unspecified atom stereocenters. The SMILES string of the molecule is Cc1ccc(S(=O)(=O)N2CCN(C(=O)Nc3ccccc3Br)CC2)cc1C. The zero-order valence-electron chi connectivity index (χ0n) is 15.3. The van der Waals surface area contributed by atoms with Crippen LogP contribution >= 0.6 is 15.9 Å². The Balaban J connectivity index is 1.65. The fourth-order valence-corrected chi connectivity index (χ4v) is 4.80. The van der Waals surface area contributed by atoms with E-state index in [0.29, 0.717) is 23.7 Å². The molecule has 1 saturated heterocycles. The molecule has 1 N–H and O–H groups in total. The Bertz CT molecular complexity index is 954. The third-order valence-electron chi connectivity index (χ3n) is 4.76. The first-order chi connectivity index (χ1) is 12.8. The number of carbonyl (C=O) groups is 1. The average Bonchev–Trinajstić information content (AvgIpc) is 2.65. The number of halogens is 1. The first kappa shape index (κ1) is 19.9. The Hall–Kier alpha value is -1.90. The fourth-order valence-electron chi connectivity index (χ4n) is 2.91. The lowest BCUT2D eigenvalue weighted by molar-refractivity contribution is 0.184. The standard InChI is InChI=1S/C19H22BrN3O3S/c1-14-7-8-16(13-15(14)2)27(25,26)23-11-9-22(10-12-23)19(24)21-18-6-4-3-5-17(18)20/h3-8,13H,9-12H2,1-2H3,(H,21,24). The number of benzene rings is 2. The summed E-state index contributed by atoms with van der Waals surface area (Å²) in [7, 11) is -3.55. The molecule has 0 bridgehead atoms. The van der Waals surface area contributed by atoms with E-state index in [4.69, 9.17) is 0 Å². The normalized spacial score (nSPS) is 15.6. The van der Waals surface area contributed by atoms with Gasteiger partial charge in [-0.3, -0.25) is 0 Å². The number of amides is 2. The quantitative estimate of drug-likeness (QED) is 0.774. The van der Waals surface area contributed by atoms with Gasteiger partial charge in [-0.2, -0.15) is 4.31 Å². The van der Waals surface area contributed by atoms with Gasteiger partial charge in [0.15, 0.2) is 0 Å². The number of hydrogen-bond donors (Lipinski definition) is 1. The van der Waals surface area contributed by atoms with Crippen molar-refractivity contribution in [1.29, 1.82) is 0 Å². The molecule has 1 fully saturated rings. The largest absolute Gasteiger partial charge is 0.322 e. The van der Waals surface area contributed by atoms with Crippen molar-refractivity contribution in [1.82, 2.24) is 9.21 Å². The van der Waals surface area contributed by atoms with Crippen molar-refractivity contribution in [3.63, 3.8) is 0 Å². The minimum Gasteiger partial charge on any atom is -0.322 e. The van der Waals surface area contributed by atoms with Crippen LogP contribution in [-0.4, -0.2) is 49.8 Å². The number of aryl methyl sites for hydroxylation is 2. The van der Waals surface area contributed by atoms with Crippen LogP contribution in [0.15, 0.2) is 51.8 Å². The molecule has 0 aromatic heterocycles. The molecule has 0 saturated carbocycles. The molecule has 2 aromatic rings. The summed E-state index contributed by atoms with van der Waals surface area (Å²) in [5, 5.41) is 2.85. The van der Waals surface area contributed by atoms with Crippen molar-refractivity contribution in [2.24, 2.45) is 0 Å². The highest BCUT2D eigenvalue weighted by atomic mass is 79.9. The second-order valence-corrected chi connectivity index (χ2v) is 9.34. The van der Waals surface area contributed by atoms with Crippen LogP contribution in [0.1, 0.15) is 11.1 Å². The van der Waals surface area contributed by atoms with E-state index < -0.39 is 10.0 Å².